The summed E-state index contributed by atoms with van der Waals surface area (Å²) in [5.41, 5.74) is 0.613. The summed E-state index contributed by atoms with van der Waals surface area (Å²) in [6.45, 7) is 5.32. The maximum Gasteiger partial charge on any atom is 0.291 e. The zero-order chi connectivity index (χ0) is 22.2. The van der Waals surface area contributed by atoms with Gasteiger partial charge in [0.2, 0.25) is 0 Å². The molecule has 1 amide bonds. The first-order valence-corrected chi connectivity index (χ1v) is 9.40. The van der Waals surface area contributed by atoms with Gasteiger partial charge in [0.1, 0.15) is 11.3 Å². The number of carbonyl (C=O) groups excluding carboxylic acids is 1. The number of carbonyl (C=O) groups is 1. The number of hydrogen-bond acceptors (Lipinski definition) is 7. The maximum absolute atomic E-state index is 12.5. The van der Waals surface area contributed by atoms with Gasteiger partial charge in [0.25, 0.3) is 17.3 Å². The predicted molar refractivity (Wildman–Crippen MR) is 110 cm³/mol. The highest BCUT2D eigenvalue weighted by molar-refractivity contribution is 9.10. The number of halogens is 1. The molecule has 1 N–H and O–H groups in total. The van der Waals surface area contributed by atoms with Crippen molar-refractivity contribution in [3.63, 3.8) is 0 Å². The zero-order valence-electron chi connectivity index (χ0n) is 16.1. The first-order valence-electron chi connectivity index (χ1n) is 8.61. The topological polar surface area (TPSA) is 146 Å². The Labute approximate surface area is 178 Å². The van der Waals surface area contributed by atoms with Gasteiger partial charge in [-0.1, -0.05) is 0 Å². The van der Waals surface area contributed by atoms with Gasteiger partial charge in [-0.15, -0.1) is 0 Å². The molecule has 0 atom stereocenters. The summed E-state index contributed by atoms with van der Waals surface area (Å²) in [7, 11) is 0. The number of aromatic nitrogens is 2. The molecule has 0 saturated carbocycles. The van der Waals surface area contributed by atoms with Crippen LogP contribution in [0.1, 0.15) is 33.3 Å². The summed E-state index contributed by atoms with van der Waals surface area (Å²) in [5, 5.41) is 29.1. The Morgan fingerprint density at radius 2 is 1.77 bits per heavy atom. The quantitative estimate of drug-likeness (QED) is 0.411. The molecular formula is C18H16BrN5O6. The second kappa shape index (κ2) is 8.06. The monoisotopic (exact) mass is 477 g/mol. The highest BCUT2D eigenvalue weighted by Gasteiger charge is 2.24. The van der Waals surface area contributed by atoms with Crippen molar-refractivity contribution in [2.24, 2.45) is 0 Å². The average Bonchev–Trinajstić information content (AvgIpc) is 3.23. The van der Waals surface area contributed by atoms with E-state index in [0.29, 0.717) is 12.3 Å². The highest BCUT2D eigenvalue weighted by Crippen LogP contribution is 2.32. The molecule has 0 unspecified atom stereocenters. The lowest BCUT2D eigenvalue weighted by molar-refractivity contribution is -0.395. The number of nitrogens with zero attached hydrogens (tertiary/aromatic N) is 4. The highest BCUT2D eigenvalue weighted by atomic mass is 79.9. The number of rotatable bonds is 6. The van der Waals surface area contributed by atoms with Crippen LogP contribution in [0.5, 0.6) is 0 Å². The van der Waals surface area contributed by atoms with Crippen molar-refractivity contribution in [2.75, 3.05) is 5.32 Å². The van der Waals surface area contributed by atoms with Crippen molar-refractivity contribution in [1.82, 2.24) is 9.78 Å². The number of anilines is 1. The minimum absolute atomic E-state index is 0.0449. The summed E-state index contributed by atoms with van der Waals surface area (Å²) in [4.78, 5) is 33.3. The molecular weight excluding hydrogens is 462 g/mol. The molecule has 2 heterocycles. The molecule has 11 nitrogen and oxygen atoms in total. The SMILES string of the molecule is Cc1nn(Cc2ccc(C(=O)Nc3cc([N+](=O)[O-])c(C)c([N+](=O)[O-])c3)o2)c(C)c1Br. The summed E-state index contributed by atoms with van der Waals surface area (Å²) in [6.07, 6.45) is 0. The van der Waals surface area contributed by atoms with Crippen LogP contribution in [-0.4, -0.2) is 25.5 Å². The van der Waals surface area contributed by atoms with E-state index in [4.69, 9.17) is 4.42 Å². The Kier molecular flexibility index (Phi) is 5.69. The number of aryl methyl sites for hydroxylation is 1. The van der Waals surface area contributed by atoms with E-state index in [1.165, 1.54) is 13.0 Å². The minimum atomic E-state index is -0.741. The van der Waals surface area contributed by atoms with Gasteiger partial charge in [-0.3, -0.25) is 29.7 Å². The Morgan fingerprint density at radius 3 is 2.27 bits per heavy atom. The van der Waals surface area contributed by atoms with E-state index in [9.17, 15) is 25.0 Å². The largest absolute Gasteiger partial charge is 0.454 e. The fourth-order valence-electron chi connectivity index (χ4n) is 2.89. The van der Waals surface area contributed by atoms with Crippen molar-refractivity contribution < 1.29 is 19.1 Å². The molecule has 2 aromatic heterocycles. The number of hydrogen-bond donors (Lipinski definition) is 1. The maximum atomic E-state index is 12.5. The van der Waals surface area contributed by atoms with E-state index in [2.05, 4.69) is 26.3 Å². The lowest BCUT2D eigenvalue weighted by Crippen LogP contribution is -2.12. The van der Waals surface area contributed by atoms with Crippen molar-refractivity contribution in [3.05, 3.63) is 77.4 Å². The third kappa shape index (κ3) is 4.08. The van der Waals surface area contributed by atoms with Crippen LogP contribution in [0.4, 0.5) is 17.1 Å². The number of furan rings is 1. The van der Waals surface area contributed by atoms with Gasteiger partial charge in [0.15, 0.2) is 5.76 Å². The van der Waals surface area contributed by atoms with Crippen LogP contribution >= 0.6 is 15.9 Å². The zero-order valence-corrected chi connectivity index (χ0v) is 17.7. The van der Waals surface area contributed by atoms with Crippen molar-refractivity contribution >= 4 is 38.9 Å². The van der Waals surface area contributed by atoms with E-state index < -0.39 is 27.1 Å². The first-order chi connectivity index (χ1) is 14.1. The molecule has 0 aliphatic rings. The van der Waals surface area contributed by atoms with Gasteiger partial charge in [-0.25, -0.2) is 0 Å². The Morgan fingerprint density at radius 1 is 1.17 bits per heavy atom. The molecule has 30 heavy (non-hydrogen) atoms. The van der Waals surface area contributed by atoms with Crippen LogP contribution in [0.2, 0.25) is 0 Å². The minimum Gasteiger partial charge on any atom is -0.454 e. The molecule has 12 heteroatoms. The average molecular weight is 478 g/mol. The van der Waals surface area contributed by atoms with E-state index in [0.717, 1.165) is 28.0 Å². The van der Waals surface area contributed by atoms with Gasteiger partial charge in [-0.2, -0.15) is 5.10 Å². The van der Waals surface area contributed by atoms with Crippen LogP contribution in [0, 0.1) is 41.0 Å². The van der Waals surface area contributed by atoms with Crippen molar-refractivity contribution in [2.45, 2.75) is 27.3 Å². The fraction of sp³-hybridized carbons (Fsp3) is 0.222. The first kappa shape index (κ1) is 21.2. The Balaban J connectivity index is 1.82. The van der Waals surface area contributed by atoms with Crippen molar-refractivity contribution in [3.8, 4) is 0 Å². The number of nitro groups is 2. The predicted octanol–water partition coefficient (Wildman–Crippen LogP) is 4.28. The normalized spacial score (nSPS) is 10.8. The van der Waals surface area contributed by atoms with Crippen molar-refractivity contribution in [1.29, 1.82) is 0 Å². The summed E-state index contributed by atoms with van der Waals surface area (Å²) >= 11 is 3.44. The van der Waals surface area contributed by atoms with Crippen LogP contribution in [0.15, 0.2) is 33.2 Å². The molecule has 0 aliphatic carbocycles. The molecule has 0 bridgehead atoms. The molecule has 1 aromatic carbocycles. The third-order valence-corrected chi connectivity index (χ3v) is 5.64. The molecule has 0 aliphatic heterocycles. The summed E-state index contributed by atoms with van der Waals surface area (Å²) in [6, 6.07) is 5.19. The molecule has 3 aromatic rings. The summed E-state index contributed by atoms with van der Waals surface area (Å²) < 4.78 is 8.15. The molecule has 0 radical (unpaired) electrons. The van der Waals surface area contributed by atoms with Gasteiger partial charge in [0, 0.05) is 12.1 Å². The molecule has 0 fully saturated rings. The second-order valence-electron chi connectivity index (χ2n) is 6.52. The van der Waals surface area contributed by atoms with Gasteiger partial charge in [0.05, 0.1) is 37.9 Å². The van der Waals surface area contributed by atoms with E-state index in [1.54, 1.807) is 10.7 Å². The van der Waals surface area contributed by atoms with E-state index >= 15 is 0 Å². The van der Waals surface area contributed by atoms with Crippen LogP contribution in [-0.2, 0) is 6.54 Å². The number of nitro benzene ring substituents is 2. The standard InChI is InChI=1S/C18H16BrN5O6/c1-9-14(23(26)27)6-12(7-15(9)24(28)29)20-18(25)16-5-4-13(30-16)8-22-11(3)17(19)10(2)21-22/h4-7H,8H2,1-3H3,(H,20,25). The number of amides is 1. The lowest BCUT2D eigenvalue weighted by Gasteiger charge is -2.06. The molecule has 3 rings (SSSR count). The third-order valence-electron chi connectivity index (χ3n) is 4.49. The summed E-state index contributed by atoms with van der Waals surface area (Å²) in [5.74, 6) is -0.265. The fourth-order valence-corrected chi connectivity index (χ4v) is 3.17. The van der Waals surface area contributed by atoms with E-state index in [-0.39, 0.29) is 17.0 Å². The Bertz CT molecular complexity index is 1150. The van der Waals surface area contributed by atoms with Crippen LogP contribution in [0.3, 0.4) is 0 Å². The Hall–Kier alpha value is -3.54. The molecule has 156 valence electrons. The van der Waals surface area contributed by atoms with E-state index in [1.807, 2.05) is 13.8 Å². The number of nitrogens with one attached hydrogen (secondary N) is 1. The second-order valence-corrected chi connectivity index (χ2v) is 7.31. The van der Waals surface area contributed by atoms with Gasteiger partial charge < -0.3 is 9.73 Å². The lowest BCUT2D eigenvalue weighted by atomic mass is 10.1. The smallest absolute Gasteiger partial charge is 0.291 e. The van der Waals surface area contributed by atoms with Gasteiger partial charge in [-0.05, 0) is 48.8 Å². The molecule has 0 saturated heterocycles. The van der Waals surface area contributed by atoms with Gasteiger partial charge >= 0.3 is 0 Å². The molecule has 0 spiro atoms. The van der Waals surface area contributed by atoms with Crippen LogP contribution in [0.25, 0.3) is 0 Å². The number of benzene rings is 1. The van der Waals surface area contributed by atoms with Crippen LogP contribution < -0.4 is 5.32 Å².